The van der Waals surface area contributed by atoms with Crippen LogP contribution in [-0.4, -0.2) is 17.4 Å². The summed E-state index contributed by atoms with van der Waals surface area (Å²) in [5.41, 5.74) is 4.57. The molecule has 1 aliphatic heterocycles. The van der Waals surface area contributed by atoms with Gasteiger partial charge in [-0.1, -0.05) is 60.2 Å². The molecular formula is C26H26N2O2. The van der Waals surface area contributed by atoms with E-state index < -0.39 is 5.54 Å². The fourth-order valence-electron chi connectivity index (χ4n) is 4.13. The number of nitrogens with one attached hydrogen (secondary N) is 1. The lowest BCUT2D eigenvalue weighted by Gasteiger charge is -2.44. The Labute approximate surface area is 177 Å². The van der Waals surface area contributed by atoms with E-state index in [1.54, 1.807) is 4.90 Å². The second-order valence-electron chi connectivity index (χ2n) is 8.19. The van der Waals surface area contributed by atoms with Crippen molar-refractivity contribution in [3.05, 3.63) is 101 Å². The van der Waals surface area contributed by atoms with Crippen LogP contribution in [0.4, 0.5) is 5.69 Å². The lowest BCUT2D eigenvalue weighted by molar-refractivity contribution is -0.126. The molecule has 4 heteroatoms. The number of fused-ring (bicyclic) bond motifs is 1. The van der Waals surface area contributed by atoms with Gasteiger partial charge in [0.05, 0.1) is 0 Å². The van der Waals surface area contributed by atoms with Crippen LogP contribution in [0.25, 0.3) is 0 Å². The first kappa shape index (κ1) is 19.9. The minimum absolute atomic E-state index is 0.144. The third-order valence-corrected chi connectivity index (χ3v) is 5.96. The summed E-state index contributed by atoms with van der Waals surface area (Å²) in [6.07, 6.45) is 0.461. The molecule has 0 radical (unpaired) electrons. The van der Waals surface area contributed by atoms with E-state index in [1.807, 2.05) is 93.6 Å². The van der Waals surface area contributed by atoms with E-state index in [-0.39, 0.29) is 11.8 Å². The maximum absolute atomic E-state index is 13.5. The van der Waals surface area contributed by atoms with Gasteiger partial charge in [0.2, 0.25) is 5.91 Å². The zero-order valence-electron chi connectivity index (χ0n) is 17.6. The smallest absolute Gasteiger partial charge is 0.259 e. The van der Waals surface area contributed by atoms with Crippen LogP contribution in [-0.2, 0) is 17.8 Å². The summed E-state index contributed by atoms with van der Waals surface area (Å²) in [5.74, 6) is -0.302. The first-order chi connectivity index (χ1) is 14.4. The summed E-state index contributed by atoms with van der Waals surface area (Å²) < 4.78 is 0. The van der Waals surface area contributed by atoms with Crippen molar-refractivity contribution in [2.24, 2.45) is 0 Å². The Hall–Kier alpha value is -3.40. The molecule has 4 rings (SSSR count). The van der Waals surface area contributed by atoms with Gasteiger partial charge in [0.25, 0.3) is 5.91 Å². The fourth-order valence-corrected chi connectivity index (χ4v) is 4.13. The van der Waals surface area contributed by atoms with Crippen LogP contribution in [0.5, 0.6) is 0 Å². The Morgan fingerprint density at radius 1 is 0.967 bits per heavy atom. The fraction of sp³-hybridized carbons (Fsp3) is 0.231. The molecule has 1 heterocycles. The van der Waals surface area contributed by atoms with Gasteiger partial charge in [-0.2, -0.15) is 0 Å². The zero-order valence-corrected chi connectivity index (χ0v) is 17.6. The van der Waals surface area contributed by atoms with Gasteiger partial charge in [0.15, 0.2) is 0 Å². The van der Waals surface area contributed by atoms with Crippen molar-refractivity contribution in [2.75, 3.05) is 4.90 Å². The number of hydrogen-bond donors (Lipinski definition) is 1. The van der Waals surface area contributed by atoms with Gasteiger partial charge in [-0.05, 0) is 55.7 Å². The molecule has 152 valence electrons. The maximum Gasteiger partial charge on any atom is 0.259 e. The quantitative estimate of drug-likeness (QED) is 0.699. The van der Waals surface area contributed by atoms with Crippen LogP contribution in [0.15, 0.2) is 72.8 Å². The van der Waals surface area contributed by atoms with Crippen LogP contribution >= 0.6 is 0 Å². The van der Waals surface area contributed by atoms with E-state index in [0.29, 0.717) is 18.5 Å². The number of aryl methyl sites for hydroxylation is 2. The molecule has 30 heavy (non-hydrogen) atoms. The van der Waals surface area contributed by atoms with Crippen molar-refractivity contribution in [3.8, 4) is 0 Å². The third-order valence-electron chi connectivity index (χ3n) is 5.96. The monoisotopic (exact) mass is 398 g/mol. The predicted octanol–water partition coefficient (Wildman–Crippen LogP) is 4.58. The Balaban J connectivity index is 1.71. The van der Waals surface area contributed by atoms with Gasteiger partial charge in [0, 0.05) is 24.2 Å². The number of benzene rings is 3. The molecule has 0 saturated heterocycles. The highest BCUT2D eigenvalue weighted by Crippen LogP contribution is 2.35. The van der Waals surface area contributed by atoms with E-state index in [4.69, 9.17) is 0 Å². The first-order valence-corrected chi connectivity index (χ1v) is 10.2. The lowest BCUT2D eigenvalue weighted by atomic mass is 9.82. The SMILES string of the molecule is Cc1ccc(N2C(=O)c3ccccc3CC2(C)C(=O)NCc2ccccc2C)cc1. The molecule has 1 atom stereocenters. The molecule has 1 aliphatic rings. The Morgan fingerprint density at radius 2 is 1.63 bits per heavy atom. The van der Waals surface area contributed by atoms with Crippen molar-refractivity contribution < 1.29 is 9.59 Å². The largest absolute Gasteiger partial charge is 0.350 e. The molecule has 0 bridgehead atoms. The van der Waals surface area contributed by atoms with Gasteiger partial charge < -0.3 is 5.32 Å². The van der Waals surface area contributed by atoms with Crippen molar-refractivity contribution in [3.63, 3.8) is 0 Å². The maximum atomic E-state index is 13.5. The molecule has 0 aliphatic carbocycles. The normalized spacial score (nSPS) is 18.1. The summed E-state index contributed by atoms with van der Waals surface area (Å²) in [4.78, 5) is 28.7. The summed E-state index contributed by atoms with van der Waals surface area (Å²) in [7, 11) is 0. The number of nitrogens with zero attached hydrogens (tertiary/aromatic N) is 1. The van der Waals surface area contributed by atoms with Gasteiger partial charge in [-0.15, -0.1) is 0 Å². The molecule has 0 spiro atoms. The summed E-state index contributed by atoms with van der Waals surface area (Å²) >= 11 is 0. The molecule has 3 aromatic rings. The zero-order chi connectivity index (χ0) is 21.3. The van der Waals surface area contributed by atoms with Gasteiger partial charge in [-0.3, -0.25) is 14.5 Å². The van der Waals surface area contributed by atoms with Crippen LogP contribution in [0.2, 0.25) is 0 Å². The Bertz CT molecular complexity index is 1100. The van der Waals surface area contributed by atoms with Gasteiger partial charge >= 0.3 is 0 Å². The van der Waals surface area contributed by atoms with Crippen molar-refractivity contribution >= 4 is 17.5 Å². The third kappa shape index (κ3) is 3.50. The molecule has 1 N–H and O–H groups in total. The average Bonchev–Trinajstić information content (AvgIpc) is 2.74. The number of carbonyl (C=O) groups excluding carboxylic acids is 2. The van der Waals surface area contributed by atoms with E-state index in [0.717, 1.165) is 27.9 Å². The number of rotatable bonds is 4. The topological polar surface area (TPSA) is 49.4 Å². The number of carbonyl (C=O) groups is 2. The van der Waals surface area contributed by atoms with Crippen LogP contribution in [0.1, 0.15) is 39.5 Å². The lowest BCUT2D eigenvalue weighted by Crippen LogP contribution is -2.63. The van der Waals surface area contributed by atoms with Gasteiger partial charge in [-0.25, -0.2) is 0 Å². The Morgan fingerprint density at radius 3 is 2.37 bits per heavy atom. The van der Waals surface area contributed by atoms with Crippen molar-refractivity contribution in [1.82, 2.24) is 5.32 Å². The number of anilines is 1. The number of hydrogen-bond acceptors (Lipinski definition) is 2. The minimum atomic E-state index is -1.02. The molecule has 3 aromatic carbocycles. The average molecular weight is 399 g/mol. The molecule has 0 saturated carbocycles. The standard InChI is InChI=1S/C26H26N2O2/c1-18-12-14-22(15-13-18)28-24(29)23-11-7-6-9-20(23)16-26(28,3)25(30)27-17-21-10-5-4-8-19(21)2/h4-15H,16-17H2,1-3H3,(H,27,30). The van der Waals surface area contributed by atoms with E-state index in [1.165, 1.54) is 0 Å². The molecule has 0 aromatic heterocycles. The van der Waals surface area contributed by atoms with E-state index in [2.05, 4.69) is 5.32 Å². The van der Waals surface area contributed by atoms with Crippen molar-refractivity contribution in [1.29, 1.82) is 0 Å². The van der Waals surface area contributed by atoms with Crippen molar-refractivity contribution in [2.45, 2.75) is 39.3 Å². The first-order valence-electron chi connectivity index (χ1n) is 10.2. The summed E-state index contributed by atoms with van der Waals surface area (Å²) in [5, 5.41) is 3.08. The summed E-state index contributed by atoms with van der Waals surface area (Å²) in [6.45, 7) is 6.32. The summed E-state index contributed by atoms with van der Waals surface area (Å²) in [6, 6.07) is 23.3. The van der Waals surface area contributed by atoms with Crippen LogP contribution < -0.4 is 10.2 Å². The van der Waals surface area contributed by atoms with E-state index in [9.17, 15) is 9.59 Å². The molecule has 0 fully saturated rings. The second-order valence-corrected chi connectivity index (χ2v) is 8.19. The van der Waals surface area contributed by atoms with E-state index >= 15 is 0 Å². The highest BCUT2D eigenvalue weighted by Gasteiger charge is 2.47. The van der Waals surface area contributed by atoms with Crippen LogP contribution in [0.3, 0.4) is 0 Å². The van der Waals surface area contributed by atoms with Gasteiger partial charge in [0.1, 0.15) is 5.54 Å². The number of amides is 2. The second kappa shape index (κ2) is 7.79. The highest BCUT2D eigenvalue weighted by atomic mass is 16.2. The molecule has 4 nitrogen and oxygen atoms in total. The van der Waals surface area contributed by atoms with Crippen LogP contribution in [0, 0.1) is 13.8 Å². The molecule has 2 amide bonds. The molecular weight excluding hydrogens is 372 g/mol. The molecule has 1 unspecified atom stereocenters. The predicted molar refractivity (Wildman–Crippen MR) is 120 cm³/mol. The Kier molecular flexibility index (Phi) is 5.17. The highest BCUT2D eigenvalue weighted by molar-refractivity contribution is 6.14. The minimum Gasteiger partial charge on any atom is -0.350 e.